The van der Waals surface area contributed by atoms with Crippen molar-refractivity contribution >= 4 is 12.3 Å². The molecule has 4 atom stereocenters. The topological polar surface area (TPSA) is 43.9 Å². The van der Waals surface area contributed by atoms with Gasteiger partial charge in [0.1, 0.15) is 0 Å². The molecule has 0 aromatic carbocycles. The van der Waals surface area contributed by atoms with E-state index in [4.69, 9.17) is 0 Å². The van der Waals surface area contributed by atoms with Crippen molar-refractivity contribution in [2.75, 3.05) is 26.7 Å². The first-order valence-electron chi connectivity index (χ1n) is 16.2. The van der Waals surface area contributed by atoms with Crippen molar-refractivity contribution in [3.05, 3.63) is 59.0 Å². The summed E-state index contributed by atoms with van der Waals surface area (Å²) in [5.74, 6) is 1.44. The number of hydrogen-bond acceptors (Lipinski definition) is 3. The van der Waals surface area contributed by atoms with Gasteiger partial charge in [0.05, 0.1) is 0 Å². The van der Waals surface area contributed by atoms with E-state index in [1.165, 1.54) is 36.0 Å². The highest BCUT2D eigenvalue weighted by Gasteiger charge is 2.67. The van der Waals surface area contributed by atoms with Gasteiger partial charge in [-0.2, -0.15) is 0 Å². The van der Waals surface area contributed by atoms with Crippen LogP contribution in [0.3, 0.4) is 0 Å². The Morgan fingerprint density at radius 2 is 1.85 bits per heavy atom. The van der Waals surface area contributed by atoms with Gasteiger partial charge in [0.2, 0.25) is 12.3 Å². The molecule has 3 saturated carbocycles. The fourth-order valence-corrected chi connectivity index (χ4v) is 7.86. The Morgan fingerprint density at radius 3 is 2.32 bits per heavy atom. The zero-order valence-corrected chi connectivity index (χ0v) is 27.6. The van der Waals surface area contributed by atoms with Crippen LogP contribution in [-0.2, 0) is 9.59 Å². The molecule has 0 N–H and O–H groups in total. The molecule has 0 saturated heterocycles. The van der Waals surface area contributed by atoms with Gasteiger partial charge in [0.25, 0.3) is 0 Å². The third-order valence-corrected chi connectivity index (χ3v) is 10.7. The van der Waals surface area contributed by atoms with Gasteiger partial charge in [-0.05, 0) is 111 Å². The summed E-state index contributed by atoms with van der Waals surface area (Å²) in [6.07, 6.45) is 17.0. The van der Waals surface area contributed by atoms with Crippen molar-refractivity contribution in [2.45, 2.75) is 106 Å². The van der Waals surface area contributed by atoms with Gasteiger partial charge in [0.15, 0.2) is 0 Å². The largest absolute Gasteiger partial charge is 0.343 e. The van der Waals surface area contributed by atoms with Crippen molar-refractivity contribution in [3.63, 3.8) is 0 Å². The first-order valence-corrected chi connectivity index (χ1v) is 16.2. The lowest BCUT2D eigenvalue weighted by atomic mass is 9.67. The summed E-state index contributed by atoms with van der Waals surface area (Å²) in [6.45, 7) is 23.7. The molecule has 3 aliphatic carbocycles. The minimum Gasteiger partial charge on any atom is -0.343 e. The van der Waals surface area contributed by atoms with E-state index in [9.17, 15) is 9.59 Å². The lowest BCUT2D eigenvalue weighted by molar-refractivity contribution is -0.131. The molecule has 0 aromatic heterocycles. The lowest BCUT2D eigenvalue weighted by Crippen LogP contribution is -2.43. The first-order chi connectivity index (χ1) is 19.5. The minimum atomic E-state index is 0.184. The van der Waals surface area contributed by atoms with Gasteiger partial charge < -0.3 is 4.90 Å². The normalized spacial score (nSPS) is 30.6. The molecule has 0 radical (unpaired) electrons. The summed E-state index contributed by atoms with van der Waals surface area (Å²) in [6, 6.07) is 0.310. The molecule has 0 aromatic rings. The number of nitrogens with zero attached hydrogens (tertiary/aromatic N) is 3. The number of carbonyl (C=O) groups is 2. The van der Waals surface area contributed by atoms with Crippen LogP contribution in [-0.4, -0.2) is 59.7 Å². The number of carbonyl (C=O) groups excluding carboxylic acids is 2. The van der Waals surface area contributed by atoms with Crippen molar-refractivity contribution in [1.82, 2.24) is 14.7 Å². The van der Waals surface area contributed by atoms with Crippen LogP contribution in [0, 0.1) is 22.7 Å². The Labute approximate surface area is 251 Å². The Morgan fingerprint density at radius 1 is 1.20 bits per heavy atom. The third kappa shape index (κ3) is 6.66. The van der Waals surface area contributed by atoms with Gasteiger partial charge in [0, 0.05) is 44.0 Å². The van der Waals surface area contributed by atoms with E-state index in [2.05, 4.69) is 51.4 Å². The summed E-state index contributed by atoms with van der Waals surface area (Å²) in [7, 11) is 2.17. The Hall–Kier alpha value is -2.40. The van der Waals surface area contributed by atoms with Gasteiger partial charge in [-0.3, -0.25) is 19.4 Å². The molecule has 1 spiro atoms. The summed E-state index contributed by atoms with van der Waals surface area (Å²) in [5.41, 5.74) is 7.45. The number of fused-ring (bicyclic) bond motifs is 3. The summed E-state index contributed by atoms with van der Waals surface area (Å²) in [4.78, 5) is 30.4. The highest BCUT2D eigenvalue weighted by molar-refractivity contribution is 5.76. The maximum absolute atomic E-state index is 12.8. The van der Waals surface area contributed by atoms with Crippen LogP contribution in [0.4, 0.5) is 0 Å². The van der Waals surface area contributed by atoms with Crippen molar-refractivity contribution in [3.8, 4) is 0 Å². The maximum atomic E-state index is 12.8. The van der Waals surface area contributed by atoms with E-state index in [1.807, 2.05) is 51.8 Å². The number of likely N-dealkylation sites (N-methyl/N-ethyl adjacent to an activating group) is 1. The molecule has 2 bridgehead atoms. The number of amides is 2. The Balaban J connectivity index is 0.000000349. The van der Waals surface area contributed by atoms with Crippen LogP contribution >= 0.6 is 0 Å². The zero-order valence-electron chi connectivity index (χ0n) is 27.6. The molecule has 228 valence electrons. The quantitative estimate of drug-likeness (QED) is 0.309. The van der Waals surface area contributed by atoms with E-state index >= 15 is 0 Å². The zero-order chi connectivity index (χ0) is 30.5. The van der Waals surface area contributed by atoms with Gasteiger partial charge in [-0.1, -0.05) is 59.4 Å². The van der Waals surface area contributed by atoms with Crippen molar-refractivity contribution < 1.29 is 9.59 Å². The van der Waals surface area contributed by atoms with E-state index in [0.29, 0.717) is 17.9 Å². The molecular weight excluding hydrogens is 506 g/mol. The van der Waals surface area contributed by atoms with Gasteiger partial charge >= 0.3 is 0 Å². The Bertz CT molecular complexity index is 1110. The van der Waals surface area contributed by atoms with Crippen LogP contribution in [0.1, 0.15) is 100 Å². The molecule has 4 unspecified atom stereocenters. The fraction of sp³-hybridized carbons (Fsp3) is 0.667. The van der Waals surface area contributed by atoms with E-state index < -0.39 is 0 Å². The van der Waals surface area contributed by atoms with Crippen LogP contribution < -0.4 is 0 Å². The predicted octanol–water partition coefficient (Wildman–Crippen LogP) is 7.89. The summed E-state index contributed by atoms with van der Waals surface area (Å²) in [5, 5.41) is 0. The Kier molecular flexibility index (Phi) is 11.1. The SMILES string of the molecule is C=C/C=C1/C2=CC(CC(=O)N(CC)CC)CN(C)C2CCC2=CN(C=O)C(C)=C1C2.CC.CC1CCC12CC2(C)C. The lowest BCUT2D eigenvalue weighted by Gasteiger charge is -2.42. The average Bonchev–Trinajstić information content (AvgIpc) is 3.57. The minimum absolute atomic E-state index is 0.184. The number of rotatable bonds is 6. The number of hydrogen-bond donors (Lipinski definition) is 0. The smallest absolute Gasteiger partial charge is 0.223 e. The molecule has 5 rings (SSSR count). The molecule has 2 heterocycles. The monoisotopic (exact) mass is 563 g/mol. The van der Waals surface area contributed by atoms with Crippen LogP contribution in [0.15, 0.2) is 59.0 Å². The van der Waals surface area contributed by atoms with Crippen LogP contribution in [0.2, 0.25) is 0 Å². The molecule has 3 fully saturated rings. The van der Waals surface area contributed by atoms with Crippen molar-refractivity contribution in [2.24, 2.45) is 22.7 Å². The molecule has 5 heteroatoms. The van der Waals surface area contributed by atoms with Crippen molar-refractivity contribution in [1.29, 1.82) is 0 Å². The maximum Gasteiger partial charge on any atom is 0.223 e. The molecule has 2 aliphatic heterocycles. The van der Waals surface area contributed by atoms with E-state index in [1.54, 1.807) is 4.90 Å². The predicted molar refractivity (Wildman–Crippen MR) is 172 cm³/mol. The summed E-state index contributed by atoms with van der Waals surface area (Å²) < 4.78 is 0. The molecule has 5 nitrogen and oxygen atoms in total. The van der Waals surface area contributed by atoms with Crippen LogP contribution in [0.25, 0.3) is 0 Å². The molecule has 41 heavy (non-hydrogen) atoms. The fourth-order valence-electron chi connectivity index (χ4n) is 7.86. The first kappa shape index (κ1) is 33.1. The molecular formula is C36H57N3O2. The highest BCUT2D eigenvalue weighted by Crippen LogP contribution is 2.75. The second-order valence-electron chi connectivity index (χ2n) is 13.2. The molecule has 5 aliphatic rings. The second kappa shape index (κ2) is 13.7. The average molecular weight is 564 g/mol. The third-order valence-electron chi connectivity index (χ3n) is 10.7. The molecule has 2 amide bonds. The van der Waals surface area contributed by atoms with Gasteiger partial charge in [-0.25, -0.2) is 0 Å². The second-order valence-corrected chi connectivity index (χ2v) is 13.2. The standard InChI is InChI=1S/C25H35N3O2.C9H16.C2H6/c1-6-9-21-22-12-19(16-28(17-29)18(22)4)10-11-24-23(21)13-20(15-26(24)5)14-25(30)27(7-2)8-3;1-7-4-5-9(7)6-8(9,2)3;1-2/h6,9,13,16-17,20,24H,1,7-8,10-12,14-15H2,2-5H3;7H,4-6H2,1-3H3;1-2H3/b21-9+;;. The number of allylic oxidation sites excluding steroid dienone is 5. The van der Waals surface area contributed by atoms with Crippen LogP contribution in [0.5, 0.6) is 0 Å². The van der Waals surface area contributed by atoms with Gasteiger partial charge in [-0.15, -0.1) is 0 Å². The highest BCUT2D eigenvalue weighted by atomic mass is 16.2. The summed E-state index contributed by atoms with van der Waals surface area (Å²) >= 11 is 0. The van der Waals surface area contributed by atoms with E-state index in [-0.39, 0.29) is 11.8 Å². The van der Waals surface area contributed by atoms with E-state index in [0.717, 1.165) is 67.9 Å².